The lowest BCUT2D eigenvalue weighted by atomic mass is 10.1. The van der Waals surface area contributed by atoms with Crippen molar-refractivity contribution in [2.45, 2.75) is 24.7 Å². The molecule has 1 N–H and O–H groups in total. The Bertz CT molecular complexity index is 645. The highest BCUT2D eigenvalue weighted by Gasteiger charge is 2.46. The average Bonchev–Trinajstić information content (AvgIpc) is 2.79. The highest BCUT2D eigenvalue weighted by Crippen LogP contribution is 2.48. The molecule has 3 unspecified atom stereocenters. The Kier molecular flexibility index (Phi) is 2.36. The van der Waals surface area contributed by atoms with Gasteiger partial charge in [-0.3, -0.25) is 4.79 Å². The topological polar surface area (TPSA) is 89.6 Å². The van der Waals surface area contributed by atoms with Crippen molar-refractivity contribution < 1.29 is 14.6 Å². The molecular weight excluding hydrogens is 268 g/mol. The van der Waals surface area contributed by atoms with Crippen LogP contribution in [0.2, 0.25) is 0 Å². The van der Waals surface area contributed by atoms with E-state index in [0.29, 0.717) is 13.0 Å². The number of hydrogen-bond acceptors (Lipinski definition) is 6. The maximum Gasteiger partial charge on any atom is 0.307 e. The second-order valence-corrected chi connectivity index (χ2v) is 6.03. The molecule has 0 amide bonds. The fraction of sp³-hybridized carbons (Fsp3) is 0.636. The smallest absolute Gasteiger partial charge is 0.307 e. The zero-order chi connectivity index (χ0) is 13.0. The minimum absolute atomic E-state index is 0.0527. The van der Waals surface area contributed by atoms with E-state index >= 15 is 0 Å². The Hall–Kier alpha value is -1.54. The van der Waals surface area contributed by atoms with Gasteiger partial charge in [0.05, 0.1) is 12.5 Å². The van der Waals surface area contributed by atoms with Crippen molar-refractivity contribution >= 4 is 22.3 Å². The maximum atomic E-state index is 10.9. The van der Waals surface area contributed by atoms with Gasteiger partial charge in [0.1, 0.15) is 5.01 Å². The van der Waals surface area contributed by atoms with E-state index in [-0.39, 0.29) is 17.8 Å². The molecule has 2 aliphatic rings. The van der Waals surface area contributed by atoms with Crippen molar-refractivity contribution in [1.82, 2.24) is 19.8 Å². The molecule has 2 aromatic rings. The molecule has 3 atom stereocenters. The minimum atomic E-state index is -0.736. The maximum absolute atomic E-state index is 10.9. The van der Waals surface area contributed by atoms with Crippen LogP contribution in [-0.4, -0.2) is 44.1 Å². The summed E-state index contributed by atoms with van der Waals surface area (Å²) in [5.41, 5.74) is 0. The van der Waals surface area contributed by atoms with E-state index in [0.717, 1.165) is 28.8 Å². The molecule has 1 aliphatic carbocycles. The Labute approximate surface area is 112 Å². The van der Waals surface area contributed by atoms with Gasteiger partial charge in [-0.15, -0.1) is 10.2 Å². The van der Waals surface area contributed by atoms with Crippen molar-refractivity contribution in [2.24, 2.45) is 5.92 Å². The van der Waals surface area contributed by atoms with Gasteiger partial charge in [-0.05, 0) is 12.8 Å². The number of nitrogens with zero attached hydrogens (tertiary/aromatic N) is 4. The Balaban J connectivity index is 1.67. The SMILES string of the molecule is O=C(O)C1CC1c1nn2c(C3CCOC3)nnc2s1. The fourth-order valence-corrected chi connectivity index (χ4v) is 3.55. The van der Waals surface area contributed by atoms with Gasteiger partial charge < -0.3 is 9.84 Å². The van der Waals surface area contributed by atoms with Gasteiger partial charge in [0, 0.05) is 18.4 Å². The molecule has 2 fully saturated rings. The number of aromatic nitrogens is 4. The standard InChI is InChI=1S/C11H12N4O3S/c16-10(17)7-3-6(7)9-14-15-8(5-1-2-18-4-5)12-13-11(15)19-9/h5-7H,1-4H2,(H,16,17). The lowest BCUT2D eigenvalue weighted by molar-refractivity contribution is -0.138. The fourth-order valence-electron chi connectivity index (χ4n) is 2.53. The largest absolute Gasteiger partial charge is 0.481 e. The Morgan fingerprint density at radius 3 is 3.05 bits per heavy atom. The van der Waals surface area contributed by atoms with Crippen LogP contribution < -0.4 is 0 Å². The molecule has 7 nitrogen and oxygen atoms in total. The molecule has 0 bridgehead atoms. The number of carboxylic acid groups (broad SMARTS) is 1. The van der Waals surface area contributed by atoms with E-state index in [9.17, 15) is 4.79 Å². The van der Waals surface area contributed by atoms with Gasteiger partial charge in [-0.1, -0.05) is 11.3 Å². The third kappa shape index (κ3) is 1.74. The predicted molar refractivity (Wildman–Crippen MR) is 65.3 cm³/mol. The van der Waals surface area contributed by atoms with E-state index in [1.165, 1.54) is 11.3 Å². The first-order valence-electron chi connectivity index (χ1n) is 6.26. The molecule has 8 heteroatoms. The number of hydrogen-bond donors (Lipinski definition) is 1. The van der Waals surface area contributed by atoms with Gasteiger partial charge in [-0.25, -0.2) is 0 Å². The minimum Gasteiger partial charge on any atom is -0.481 e. The zero-order valence-corrected chi connectivity index (χ0v) is 10.8. The molecule has 0 spiro atoms. The number of ether oxygens (including phenoxy) is 1. The van der Waals surface area contributed by atoms with Crippen LogP contribution in [-0.2, 0) is 9.53 Å². The second-order valence-electron chi connectivity index (χ2n) is 5.04. The van der Waals surface area contributed by atoms with Crippen LogP contribution in [0, 0.1) is 5.92 Å². The summed E-state index contributed by atoms with van der Waals surface area (Å²) in [6.07, 6.45) is 1.62. The summed E-state index contributed by atoms with van der Waals surface area (Å²) in [6.45, 7) is 1.41. The van der Waals surface area contributed by atoms with E-state index < -0.39 is 5.97 Å². The molecule has 2 aromatic heterocycles. The van der Waals surface area contributed by atoms with Crippen molar-refractivity contribution in [1.29, 1.82) is 0 Å². The molecule has 19 heavy (non-hydrogen) atoms. The monoisotopic (exact) mass is 280 g/mol. The number of fused-ring (bicyclic) bond motifs is 1. The summed E-state index contributed by atoms with van der Waals surface area (Å²) >= 11 is 1.44. The number of rotatable bonds is 3. The summed E-state index contributed by atoms with van der Waals surface area (Å²) in [6, 6.07) is 0. The number of aliphatic carboxylic acids is 1. The summed E-state index contributed by atoms with van der Waals surface area (Å²) in [5, 5.41) is 22.6. The third-order valence-electron chi connectivity index (χ3n) is 3.75. The highest BCUT2D eigenvalue weighted by molar-refractivity contribution is 7.16. The first kappa shape index (κ1) is 11.3. The van der Waals surface area contributed by atoms with E-state index in [1.807, 2.05) is 0 Å². The van der Waals surface area contributed by atoms with Crippen LogP contribution in [0.1, 0.15) is 35.5 Å². The molecule has 0 radical (unpaired) electrons. The molecule has 0 aromatic carbocycles. The third-order valence-corrected chi connectivity index (χ3v) is 4.78. The van der Waals surface area contributed by atoms with E-state index in [4.69, 9.17) is 9.84 Å². The zero-order valence-electron chi connectivity index (χ0n) is 10.0. The molecule has 1 saturated carbocycles. The van der Waals surface area contributed by atoms with Gasteiger partial charge in [0.25, 0.3) is 0 Å². The molecule has 100 valence electrons. The normalized spacial score (nSPS) is 30.0. The lowest BCUT2D eigenvalue weighted by Gasteiger charge is -2.01. The molecule has 1 aliphatic heterocycles. The summed E-state index contributed by atoms with van der Waals surface area (Å²) in [5.74, 6) is 0.126. The van der Waals surface area contributed by atoms with Crippen LogP contribution >= 0.6 is 11.3 Å². The van der Waals surface area contributed by atoms with Crippen molar-refractivity contribution in [2.75, 3.05) is 13.2 Å². The van der Waals surface area contributed by atoms with Crippen LogP contribution in [0.15, 0.2) is 0 Å². The van der Waals surface area contributed by atoms with Crippen molar-refractivity contribution in [3.63, 3.8) is 0 Å². The van der Waals surface area contributed by atoms with Gasteiger partial charge in [-0.2, -0.15) is 9.61 Å². The van der Waals surface area contributed by atoms with Gasteiger partial charge >= 0.3 is 5.97 Å². The summed E-state index contributed by atoms with van der Waals surface area (Å²) < 4.78 is 7.12. The van der Waals surface area contributed by atoms with Crippen molar-refractivity contribution in [3.05, 3.63) is 10.8 Å². The number of carboxylic acids is 1. The molecule has 1 saturated heterocycles. The van der Waals surface area contributed by atoms with E-state index in [2.05, 4.69) is 15.3 Å². The summed E-state index contributed by atoms with van der Waals surface area (Å²) in [7, 11) is 0. The Morgan fingerprint density at radius 1 is 1.47 bits per heavy atom. The van der Waals surface area contributed by atoms with Gasteiger partial charge in [0.15, 0.2) is 5.82 Å². The van der Waals surface area contributed by atoms with Crippen molar-refractivity contribution in [3.8, 4) is 0 Å². The molecular formula is C11H12N4O3S. The van der Waals surface area contributed by atoms with E-state index in [1.54, 1.807) is 4.52 Å². The first-order valence-corrected chi connectivity index (χ1v) is 7.08. The van der Waals surface area contributed by atoms with Crippen LogP contribution in [0.4, 0.5) is 0 Å². The molecule has 4 rings (SSSR count). The quantitative estimate of drug-likeness (QED) is 0.897. The van der Waals surface area contributed by atoms with Crippen LogP contribution in [0.3, 0.4) is 0 Å². The van der Waals surface area contributed by atoms with Crippen LogP contribution in [0.5, 0.6) is 0 Å². The Morgan fingerprint density at radius 2 is 2.37 bits per heavy atom. The predicted octanol–water partition coefficient (Wildman–Crippen LogP) is 0.878. The lowest BCUT2D eigenvalue weighted by Crippen LogP contribution is -2.05. The highest BCUT2D eigenvalue weighted by atomic mass is 32.1. The second kappa shape index (κ2) is 3.97. The van der Waals surface area contributed by atoms with Crippen LogP contribution in [0.25, 0.3) is 4.96 Å². The summed E-state index contributed by atoms with van der Waals surface area (Å²) in [4.78, 5) is 11.6. The first-order chi connectivity index (χ1) is 9.24. The number of carbonyl (C=O) groups is 1. The average molecular weight is 280 g/mol. The van der Waals surface area contributed by atoms with Gasteiger partial charge in [0.2, 0.25) is 4.96 Å². The molecule has 3 heterocycles.